The molecular weight excluding hydrogens is 479 g/mol. The first-order valence-electron chi connectivity index (χ1n) is 8.83. The van der Waals surface area contributed by atoms with E-state index in [2.05, 4.69) is 15.3 Å². The molecule has 7 nitrogen and oxygen atoms in total. The van der Waals surface area contributed by atoms with Crippen LogP contribution in [0.15, 0.2) is 57.2 Å². The highest BCUT2D eigenvalue weighted by Gasteiger charge is 2.22. The van der Waals surface area contributed by atoms with Gasteiger partial charge in [0.25, 0.3) is 0 Å². The fraction of sp³-hybridized carbons (Fsp3) is 0.100. The molecular formula is C20H14Cl2N4O3S2. The second-order valence-electron chi connectivity index (χ2n) is 6.28. The molecule has 11 heteroatoms. The van der Waals surface area contributed by atoms with Crippen molar-refractivity contribution in [3.8, 4) is 17.0 Å². The number of methoxy groups -OCH3 is 1. The van der Waals surface area contributed by atoms with Crippen LogP contribution in [0.25, 0.3) is 11.3 Å². The molecule has 0 aliphatic carbocycles. The van der Waals surface area contributed by atoms with Gasteiger partial charge < -0.3 is 9.84 Å². The van der Waals surface area contributed by atoms with E-state index in [9.17, 15) is 9.90 Å². The highest BCUT2D eigenvalue weighted by molar-refractivity contribution is 8.01. The van der Waals surface area contributed by atoms with Crippen molar-refractivity contribution in [2.45, 2.75) is 15.9 Å². The number of aromatic nitrogens is 4. The zero-order valence-electron chi connectivity index (χ0n) is 16.0. The van der Waals surface area contributed by atoms with Gasteiger partial charge in [0.05, 0.1) is 29.4 Å². The predicted octanol–water partition coefficient (Wildman–Crippen LogP) is 5.61. The Morgan fingerprint density at radius 3 is 2.65 bits per heavy atom. The van der Waals surface area contributed by atoms with E-state index in [1.165, 1.54) is 23.1 Å². The minimum atomic E-state index is -1.15. The Labute approximate surface area is 195 Å². The molecule has 2 aromatic carbocycles. The molecule has 0 atom stereocenters. The van der Waals surface area contributed by atoms with Gasteiger partial charge in [-0.3, -0.25) is 0 Å². The topological polar surface area (TPSA) is 90.1 Å². The van der Waals surface area contributed by atoms with E-state index in [1.807, 2.05) is 35.7 Å². The van der Waals surface area contributed by atoms with E-state index in [4.69, 9.17) is 27.9 Å². The van der Waals surface area contributed by atoms with Crippen LogP contribution in [0.3, 0.4) is 0 Å². The Morgan fingerprint density at radius 1 is 1.19 bits per heavy atom. The summed E-state index contributed by atoms with van der Waals surface area (Å²) in [6.45, 7) is 0.359. The number of carboxylic acid groups (broad SMARTS) is 1. The van der Waals surface area contributed by atoms with Crippen LogP contribution in [0.4, 0.5) is 0 Å². The number of ether oxygens (including phenoxy) is 1. The molecule has 0 saturated heterocycles. The minimum absolute atomic E-state index is 0.121. The molecule has 1 N–H and O–H groups in total. The number of carboxylic acids is 1. The van der Waals surface area contributed by atoms with Crippen molar-refractivity contribution in [3.63, 3.8) is 0 Å². The largest absolute Gasteiger partial charge is 0.497 e. The van der Waals surface area contributed by atoms with Crippen LogP contribution in [0.5, 0.6) is 5.75 Å². The number of rotatable bonds is 7. The lowest BCUT2D eigenvalue weighted by atomic mass is 10.2. The maximum absolute atomic E-state index is 11.7. The summed E-state index contributed by atoms with van der Waals surface area (Å²) < 4.78 is 7.38. The average Bonchev–Trinajstić information content (AvgIpc) is 3.38. The molecule has 0 radical (unpaired) electrons. The highest BCUT2D eigenvalue weighted by Crippen LogP contribution is 2.36. The lowest BCUT2D eigenvalue weighted by Crippen LogP contribution is -2.05. The van der Waals surface area contributed by atoms with Crippen LogP contribution in [-0.4, -0.2) is 38.2 Å². The van der Waals surface area contributed by atoms with Crippen molar-refractivity contribution < 1.29 is 14.6 Å². The second kappa shape index (κ2) is 9.27. The van der Waals surface area contributed by atoms with Gasteiger partial charge in [0.15, 0.2) is 4.34 Å². The number of halogens is 2. The van der Waals surface area contributed by atoms with Crippen LogP contribution in [0.1, 0.15) is 16.1 Å². The summed E-state index contributed by atoms with van der Waals surface area (Å²) in [6.07, 6.45) is 0. The Kier molecular flexibility index (Phi) is 6.47. The monoisotopic (exact) mass is 492 g/mol. The molecule has 0 unspecified atom stereocenters. The molecule has 158 valence electrons. The van der Waals surface area contributed by atoms with Gasteiger partial charge in [0.2, 0.25) is 5.69 Å². The second-order valence-corrected chi connectivity index (χ2v) is 9.19. The molecule has 0 fully saturated rings. The maximum Gasteiger partial charge on any atom is 0.359 e. The van der Waals surface area contributed by atoms with Gasteiger partial charge in [-0.05, 0) is 41.6 Å². The van der Waals surface area contributed by atoms with Crippen LogP contribution >= 0.6 is 46.3 Å². The van der Waals surface area contributed by atoms with E-state index in [0.29, 0.717) is 26.0 Å². The molecule has 0 spiro atoms. The highest BCUT2D eigenvalue weighted by atomic mass is 35.5. The first-order chi connectivity index (χ1) is 14.9. The Hall–Kier alpha value is -2.59. The molecule has 4 rings (SSSR count). The van der Waals surface area contributed by atoms with Crippen molar-refractivity contribution >= 4 is 52.3 Å². The van der Waals surface area contributed by atoms with Crippen LogP contribution in [0, 0.1) is 0 Å². The number of hydrogen-bond donors (Lipinski definition) is 1. The van der Waals surface area contributed by atoms with Gasteiger partial charge in [-0.1, -0.05) is 46.6 Å². The maximum atomic E-state index is 11.7. The normalized spacial score (nSPS) is 10.9. The van der Waals surface area contributed by atoms with Crippen LogP contribution < -0.4 is 4.74 Å². The standard InChI is InChI=1S/C20H14Cl2N4O3S2/c1-29-13-5-2-11(3-6-13)9-26-18(17(19(27)28)24-25-26)31-20-23-16(10-30-20)12-4-7-14(21)15(22)8-12/h2-8,10H,9H2,1H3,(H,27,28). The fourth-order valence-corrected chi connectivity index (χ4v) is 4.89. The first-order valence-corrected chi connectivity index (χ1v) is 11.3. The third-order valence-corrected chi connectivity index (χ3v) is 7.04. The summed E-state index contributed by atoms with van der Waals surface area (Å²) >= 11 is 14.7. The summed E-state index contributed by atoms with van der Waals surface area (Å²) in [5, 5.41) is 20.6. The summed E-state index contributed by atoms with van der Waals surface area (Å²) in [5.41, 5.74) is 2.35. The first kappa shape index (κ1) is 21.6. The van der Waals surface area contributed by atoms with Crippen molar-refractivity contribution in [2.24, 2.45) is 0 Å². The van der Waals surface area contributed by atoms with Crippen molar-refractivity contribution in [3.05, 3.63) is 69.1 Å². The number of benzene rings is 2. The molecule has 0 amide bonds. The van der Waals surface area contributed by atoms with Gasteiger partial charge in [-0.15, -0.1) is 16.4 Å². The number of aromatic carboxylic acids is 1. The van der Waals surface area contributed by atoms with Crippen LogP contribution in [-0.2, 0) is 6.54 Å². The summed E-state index contributed by atoms with van der Waals surface area (Å²) in [7, 11) is 1.60. The van der Waals surface area contributed by atoms with E-state index in [-0.39, 0.29) is 5.69 Å². The van der Waals surface area contributed by atoms with E-state index < -0.39 is 5.97 Å². The Morgan fingerprint density at radius 2 is 1.97 bits per heavy atom. The fourth-order valence-electron chi connectivity index (χ4n) is 2.72. The van der Waals surface area contributed by atoms with Crippen LogP contribution in [0.2, 0.25) is 10.0 Å². The Bertz CT molecular complexity index is 1240. The van der Waals surface area contributed by atoms with Gasteiger partial charge >= 0.3 is 5.97 Å². The molecule has 2 heterocycles. The van der Waals surface area contributed by atoms with Gasteiger partial charge in [0, 0.05) is 10.9 Å². The molecule has 4 aromatic rings. The SMILES string of the molecule is COc1ccc(Cn2nnc(C(=O)O)c2Sc2nc(-c3ccc(Cl)c(Cl)c3)cs2)cc1. The van der Waals surface area contributed by atoms with Crippen molar-refractivity contribution in [1.82, 2.24) is 20.0 Å². The summed E-state index contributed by atoms with van der Waals surface area (Å²) in [5.74, 6) is -0.412. The minimum Gasteiger partial charge on any atom is -0.497 e. The number of hydrogen-bond acceptors (Lipinski definition) is 7. The van der Waals surface area contributed by atoms with E-state index in [1.54, 1.807) is 23.9 Å². The summed E-state index contributed by atoms with van der Waals surface area (Å²) in [4.78, 5) is 16.3. The van der Waals surface area contributed by atoms with Crippen molar-refractivity contribution in [1.29, 1.82) is 0 Å². The zero-order valence-corrected chi connectivity index (χ0v) is 19.1. The quantitative estimate of drug-likeness (QED) is 0.358. The van der Waals surface area contributed by atoms with Gasteiger partial charge in [0.1, 0.15) is 10.8 Å². The van der Waals surface area contributed by atoms with Gasteiger partial charge in [-0.25, -0.2) is 14.5 Å². The number of carbonyl (C=O) groups is 1. The third kappa shape index (κ3) is 4.85. The van der Waals surface area contributed by atoms with Gasteiger partial charge in [-0.2, -0.15) is 0 Å². The molecule has 2 aromatic heterocycles. The average molecular weight is 493 g/mol. The third-order valence-electron chi connectivity index (χ3n) is 4.27. The molecule has 31 heavy (non-hydrogen) atoms. The number of thiazole rings is 1. The molecule has 0 aliphatic rings. The predicted molar refractivity (Wildman–Crippen MR) is 121 cm³/mol. The van der Waals surface area contributed by atoms with Crippen molar-refractivity contribution in [2.75, 3.05) is 7.11 Å². The van der Waals surface area contributed by atoms with E-state index in [0.717, 1.165) is 22.6 Å². The molecule has 0 aliphatic heterocycles. The smallest absolute Gasteiger partial charge is 0.359 e. The summed E-state index contributed by atoms with van der Waals surface area (Å²) in [6, 6.07) is 12.7. The Balaban J connectivity index is 1.61. The molecule has 0 saturated carbocycles. The zero-order chi connectivity index (χ0) is 22.0. The molecule has 0 bridgehead atoms. The lowest BCUT2D eigenvalue weighted by Gasteiger charge is -2.06. The number of nitrogens with zero attached hydrogens (tertiary/aromatic N) is 4. The lowest BCUT2D eigenvalue weighted by molar-refractivity contribution is 0.0686. The van der Waals surface area contributed by atoms with E-state index >= 15 is 0 Å².